The molecule has 168 valence electrons. The molecule has 0 aliphatic carbocycles. The van der Waals surface area contributed by atoms with Crippen LogP contribution in [0.3, 0.4) is 0 Å². The van der Waals surface area contributed by atoms with E-state index in [4.69, 9.17) is 16.3 Å². The van der Waals surface area contributed by atoms with Crippen LogP contribution in [0.1, 0.15) is 45.2 Å². The fourth-order valence-corrected chi connectivity index (χ4v) is 3.86. The number of carbonyl (C=O) groups excluding carboxylic acids is 2. The number of halogens is 2. The number of amides is 2. The van der Waals surface area contributed by atoms with Crippen molar-refractivity contribution >= 4 is 39.3 Å². The molecule has 0 radical (unpaired) electrons. The molecule has 0 unspecified atom stereocenters. The first-order valence-corrected chi connectivity index (χ1v) is 11.7. The van der Waals surface area contributed by atoms with Crippen LogP contribution in [0, 0.1) is 0 Å². The molecule has 0 spiro atoms. The zero-order chi connectivity index (χ0) is 23.0. The van der Waals surface area contributed by atoms with Crippen LogP contribution in [0.5, 0.6) is 5.75 Å². The average molecular weight is 510 g/mol. The molecule has 1 atom stereocenters. The lowest BCUT2D eigenvalue weighted by atomic mass is 10.1. The molecule has 0 saturated heterocycles. The Morgan fingerprint density at radius 3 is 2.29 bits per heavy atom. The Bertz CT molecular complexity index is 887. The zero-order valence-corrected chi connectivity index (χ0v) is 20.8. The second-order valence-corrected chi connectivity index (χ2v) is 8.93. The Morgan fingerprint density at radius 1 is 1.10 bits per heavy atom. The molecule has 31 heavy (non-hydrogen) atoms. The summed E-state index contributed by atoms with van der Waals surface area (Å²) >= 11 is 9.50. The van der Waals surface area contributed by atoms with Crippen LogP contribution in [0.2, 0.25) is 5.02 Å². The van der Waals surface area contributed by atoms with Gasteiger partial charge in [-0.2, -0.15) is 0 Å². The third-order valence-electron chi connectivity index (χ3n) is 4.84. The van der Waals surface area contributed by atoms with Gasteiger partial charge >= 0.3 is 0 Å². The average Bonchev–Trinajstić information content (AvgIpc) is 2.73. The number of ether oxygens (including phenoxy) is 1. The maximum atomic E-state index is 13.2. The van der Waals surface area contributed by atoms with Crippen LogP contribution in [0.15, 0.2) is 46.9 Å². The van der Waals surface area contributed by atoms with Crippen molar-refractivity contribution in [3.05, 3.63) is 63.1 Å². The van der Waals surface area contributed by atoms with Crippen LogP contribution in [-0.2, 0) is 22.6 Å². The highest BCUT2D eigenvalue weighted by Crippen LogP contribution is 2.26. The number of benzene rings is 2. The monoisotopic (exact) mass is 508 g/mol. The van der Waals surface area contributed by atoms with E-state index < -0.39 is 6.04 Å². The van der Waals surface area contributed by atoms with E-state index in [1.807, 2.05) is 51.1 Å². The van der Waals surface area contributed by atoms with Crippen LogP contribution >= 0.6 is 27.5 Å². The predicted molar refractivity (Wildman–Crippen MR) is 128 cm³/mol. The van der Waals surface area contributed by atoms with Crippen molar-refractivity contribution in [2.24, 2.45) is 0 Å². The van der Waals surface area contributed by atoms with Crippen LogP contribution in [-0.4, -0.2) is 35.4 Å². The summed E-state index contributed by atoms with van der Waals surface area (Å²) in [6, 6.07) is 12.5. The Balaban J connectivity index is 2.21. The molecule has 5 nitrogen and oxygen atoms in total. The van der Waals surface area contributed by atoms with Gasteiger partial charge in [-0.1, -0.05) is 43.6 Å². The van der Waals surface area contributed by atoms with Gasteiger partial charge in [0.15, 0.2) is 6.61 Å². The van der Waals surface area contributed by atoms with E-state index in [1.54, 1.807) is 17.0 Å². The van der Waals surface area contributed by atoms with E-state index >= 15 is 0 Å². The van der Waals surface area contributed by atoms with Gasteiger partial charge in [-0.15, -0.1) is 0 Å². The van der Waals surface area contributed by atoms with Crippen molar-refractivity contribution in [2.75, 3.05) is 6.61 Å². The van der Waals surface area contributed by atoms with Crippen molar-refractivity contribution < 1.29 is 14.3 Å². The van der Waals surface area contributed by atoms with Crippen molar-refractivity contribution in [3.63, 3.8) is 0 Å². The number of nitrogens with zero attached hydrogens (tertiary/aromatic N) is 1. The minimum atomic E-state index is -0.597. The minimum Gasteiger partial charge on any atom is -0.483 e. The summed E-state index contributed by atoms with van der Waals surface area (Å²) in [4.78, 5) is 27.6. The number of nitrogens with one attached hydrogen (secondary N) is 1. The Kier molecular flexibility index (Phi) is 9.85. The summed E-state index contributed by atoms with van der Waals surface area (Å²) in [5.74, 6) is 0.164. The van der Waals surface area contributed by atoms with Gasteiger partial charge < -0.3 is 15.0 Å². The van der Waals surface area contributed by atoms with E-state index in [0.29, 0.717) is 23.7 Å². The van der Waals surface area contributed by atoms with Crippen LogP contribution in [0.4, 0.5) is 0 Å². The lowest BCUT2D eigenvalue weighted by Gasteiger charge is -2.31. The standard InChI is InChI=1S/C24H30BrClN2O3/c1-5-17-9-12-22(20(25)13-17)31-15-23(29)28(14-18-7-10-19(26)11-8-18)21(6-2)24(30)27-16(3)4/h7-13,16,21H,5-6,14-15H2,1-4H3,(H,27,30)/t21-/m1/s1. The first kappa shape index (κ1) is 25.2. The maximum Gasteiger partial charge on any atom is 0.261 e. The van der Waals surface area contributed by atoms with Crippen molar-refractivity contribution in [2.45, 2.75) is 59.2 Å². The van der Waals surface area contributed by atoms with E-state index in [9.17, 15) is 9.59 Å². The SMILES string of the molecule is CCc1ccc(OCC(=O)N(Cc2ccc(Cl)cc2)[C@H](CC)C(=O)NC(C)C)c(Br)c1. The zero-order valence-electron chi connectivity index (χ0n) is 18.5. The van der Waals surface area contributed by atoms with Gasteiger partial charge in [0, 0.05) is 17.6 Å². The largest absolute Gasteiger partial charge is 0.483 e. The third kappa shape index (κ3) is 7.54. The topological polar surface area (TPSA) is 58.6 Å². The second kappa shape index (κ2) is 12.1. The van der Waals surface area contributed by atoms with E-state index in [-0.39, 0.29) is 24.5 Å². The minimum absolute atomic E-state index is 0.0154. The Morgan fingerprint density at radius 2 is 1.74 bits per heavy atom. The molecule has 2 rings (SSSR count). The van der Waals surface area contributed by atoms with Gasteiger partial charge in [0.2, 0.25) is 5.91 Å². The molecule has 0 aromatic heterocycles. The molecule has 7 heteroatoms. The molecular formula is C24H30BrClN2O3. The molecule has 2 amide bonds. The summed E-state index contributed by atoms with van der Waals surface area (Å²) in [5.41, 5.74) is 2.06. The fourth-order valence-electron chi connectivity index (χ4n) is 3.19. The van der Waals surface area contributed by atoms with E-state index in [1.165, 1.54) is 5.56 Å². The maximum absolute atomic E-state index is 13.2. The smallest absolute Gasteiger partial charge is 0.261 e. The number of rotatable bonds is 10. The highest BCUT2D eigenvalue weighted by molar-refractivity contribution is 9.10. The second-order valence-electron chi connectivity index (χ2n) is 7.64. The summed E-state index contributed by atoms with van der Waals surface area (Å²) in [6.45, 7) is 7.90. The first-order valence-electron chi connectivity index (χ1n) is 10.5. The number of aryl methyl sites for hydroxylation is 1. The van der Waals surface area contributed by atoms with Gasteiger partial charge in [-0.25, -0.2) is 0 Å². The number of hydrogen-bond acceptors (Lipinski definition) is 3. The van der Waals surface area contributed by atoms with E-state index in [2.05, 4.69) is 28.2 Å². The van der Waals surface area contributed by atoms with Gasteiger partial charge in [0.1, 0.15) is 11.8 Å². The molecule has 0 aliphatic rings. The van der Waals surface area contributed by atoms with Gasteiger partial charge in [-0.3, -0.25) is 9.59 Å². The molecule has 1 N–H and O–H groups in total. The number of hydrogen-bond donors (Lipinski definition) is 1. The normalized spacial score (nSPS) is 11.8. The third-order valence-corrected chi connectivity index (χ3v) is 5.71. The summed E-state index contributed by atoms with van der Waals surface area (Å²) in [6.07, 6.45) is 1.41. The fraction of sp³-hybridized carbons (Fsp3) is 0.417. The molecular weight excluding hydrogens is 480 g/mol. The highest BCUT2D eigenvalue weighted by atomic mass is 79.9. The van der Waals surface area contributed by atoms with Crippen molar-refractivity contribution in [1.29, 1.82) is 0 Å². The molecule has 2 aromatic carbocycles. The lowest BCUT2D eigenvalue weighted by molar-refractivity contribution is -0.143. The lowest BCUT2D eigenvalue weighted by Crippen LogP contribution is -2.51. The van der Waals surface area contributed by atoms with Gasteiger partial charge in [0.25, 0.3) is 5.91 Å². The van der Waals surface area contributed by atoms with Crippen molar-refractivity contribution in [1.82, 2.24) is 10.2 Å². The molecule has 0 saturated carbocycles. The molecule has 2 aromatic rings. The van der Waals surface area contributed by atoms with Gasteiger partial charge in [-0.05, 0) is 78.0 Å². The van der Waals surface area contributed by atoms with E-state index in [0.717, 1.165) is 16.5 Å². The Labute approximate surface area is 198 Å². The van der Waals surface area contributed by atoms with Crippen LogP contribution < -0.4 is 10.1 Å². The summed E-state index contributed by atoms with van der Waals surface area (Å²) in [5, 5.41) is 3.54. The first-order chi connectivity index (χ1) is 14.7. The summed E-state index contributed by atoms with van der Waals surface area (Å²) < 4.78 is 6.60. The van der Waals surface area contributed by atoms with Gasteiger partial charge in [0.05, 0.1) is 4.47 Å². The van der Waals surface area contributed by atoms with Crippen LogP contribution in [0.25, 0.3) is 0 Å². The van der Waals surface area contributed by atoms with Crippen molar-refractivity contribution in [3.8, 4) is 5.75 Å². The Hall–Kier alpha value is -2.05. The summed E-state index contributed by atoms with van der Waals surface area (Å²) in [7, 11) is 0. The molecule has 0 aliphatic heterocycles. The molecule has 0 bridgehead atoms. The molecule has 0 fully saturated rings. The quantitative estimate of drug-likeness (QED) is 0.468. The predicted octanol–water partition coefficient (Wildman–Crippen LogP) is 5.38. The molecule has 0 heterocycles. The number of carbonyl (C=O) groups is 2. The highest BCUT2D eigenvalue weighted by Gasteiger charge is 2.29.